The Morgan fingerprint density at radius 3 is 2.66 bits per heavy atom. The molecule has 0 saturated heterocycles. The normalized spacial score (nSPS) is 12.5. The second-order valence-electron chi connectivity index (χ2n) is 6.84. The third-order valence-corrected chi connectivity index (χ3v) is 5.36. The van der Waals surface area contributed by atoms with E-state index >= 15 is 0 Å². The molecule has 5 rings (SSSR count). The van der Waals surface area contributed by atoms with Gasteiger partial charge >= 0.3 is 0 Å². The van der Waals surface area contributed by atoms with Crippen molar-refractivity contribution in [3.63, 3.8) is 0 Å². The molecule has 7 nitrogen and oxygen atoms in total. The van der Waals surface area contributed by atoms with Crippen LogP contribution < -0.4 is 14.8 Å². The summed E-state index contributed by atoms with van der Waals surface area (Å²) in [6, 6.07) is 13.9. The van der Waals surface area contributed by atoms with Gasteiger partial charge in [0.05, 0.1) is 5.69 Å². The van der Waals surface area contributed by atoms with Gasteiger partial charge in [0.15, 0.2) is 23.1 Å². The van der Waals surface area contributed by atoms with Gasteiger partial charge in [-0.05, 0) is 43.7 Å². The summed E-state index contributed by atoms with van der Waals surface area (Å²) in [5, 5.41) is 8.16. The molecule has 0 spiro atoms. The van der Waals surface area contributed by atoms with Crippen LogP contribution in [0.2, 0.25) is 0 Å². The Bertz CT molecular complexity index is 1220. The first-order valence-electron chi connectivity index (χ1n) is 9.21. The van der Waals surface area contributed by atoms with Crippen LogP contribution in [-0.4, -0.2) is 26.4 Å². The molecule has 1 N–H and O–H groups in total. The molecular weight excluding hydrogens is 434 g/mol. The lowest BCUT2D eigenvalue weighted by molar-refractivity contribution is 0.174. The zero-order chi connectivity index (χ0) is 20.0. The number of hydrogen-bond acceptors (Lipinski definition) is 6. The van der Waals surface area contributed by atoms with E-state index in [9.17, 15) is 0 Å². The molecule has 0 unspecified atom stereocenters. The lowest BCUT2D eigenvalue weighted by Gasteiger charge is -2.11. The number of halogens is 1. The molecule has 0 saturated carbocycles. The number of hydrogen-bond donors (Lipinski definition) is 1. The molecule has 0 fully saturated rings. The number of anilines is 1. The number of rotatable bonds is 4. The third-order valence-electron chi connectivity index (χ3n) is 4.83. The molecule has 0 atom stereocenters. The average molecular weight is 452 g/mol. The van der Waals surface area contributed by atoms with Crippen molar-refractivity contribution in [1.29, 1.82) is 0 Å². The molecule has 0 aliphatic carbocycles. The van der Waals surface area contributed by atoms with Gasteiger partial charge in [0, 0.05) is 16.6 Å². The standard InChI is InChI=1S/C21H18BrN5O2/c1-12-19-21(23-10-14-3-8-17-18(9-14)29-11-28-17)25-20(26-27(19)13(2)24-12)15-4-6-16(22)7-5-15/h3-9H,10-11H2,1-2H3,(H,23,25,26). The average Bonchev–Trinajstić information content (AvgIpc) is 3.30. The van der Waals surface area contributed by atoms with Gasteiger partial charge in [-0.1, -0.05) is 34.1 Å². The molecule has 146 valence electrons. The molecule has 1 aliphatic heterocycles. The largest absolute Gasteiger partial charge is 0.454 e. The molecule has 3 heterocycles. The quantitative estimate of drug-likeness (QED) is 0.491. The third kappa shape index (κ3) is 3.29. The van der Waals surface area contributed by atoms with Crippen LogP contribution in [0.1, 0.15) is 17.1 Å². The Labute approximate surface area is 175 Å². The first-order valence-corrected chi connectivity index (χ1v) is 10.00. The Morgan fingerprint density at radius 1 is 1.03 bits per heavy atom. The molecule has 2 aromatic carbocycles. The number of imidazole rings is 1. The van der Waals surface area contributed by atoms with Crippen molar-refractivity contribution in [2.45, 2.75) is 20.4 Å². The van der Waals surface area contributed by atoms with Crippen LogP contribution in [-0.2, 0) is 6.54 Å². The van der Waals surface area contributed by atoms with Gasteiger partial charge in [-0.25, -0.2) is 14.5 Å². The molecule has 8 heteroatoms. The first-order chi connectivity index (χ1) is 14.1. The van der Waals surface area contributed by atoms with E-state index in [1.165, 1.54) is 0 Å². The SMILES string of the molecule is Cc1nc(C)n2nc(-c3ccc(Br)cc3)nc(NCc3ccc4c(c3)OCO4)c12. The highest BCUT2D eigenvalue weighted by Gasteiger charge is 2.17. The number of nitrogens with zero attached hydrogens (tertiary/aromatic N) is 4. The fourth-order valence-electron chi connectivity index (χ4n) is 3.41. The molecule has 0 amide bonds. The topological polar surface area (TPSA) is 73.6 Å². The number of aromatic nitrogens is 4. The number of aryl methyl sites for hydroxylation is 2. The first kappa shape index (κ1) is 17.9. The minimum Gasteiger partial charge on any atom is -0.454 e. The Kier molecular flexibility index (Phi) is 4.35. The number of fused-ring (bicyclic) bond motifs is 2. The van der Waals surface area contributed by atoms with Crippen molar-refractivity contribution in [1.82, 2.24) is 19.6 Å². The summed E-state index contributed by atoms with van der Waals surface area (Å²) in [6.07, 6.45) is 0. The van der Waals surface area contributed by atoms with Gasteiger partial charge in [0.1, 0.15) is 11.3 Å². The lowest BCUT2D eigenvalue weighted by Crippen LogP contribution is -2.08. The minimum atomic E-state index is 0.267. The second kappa shape index (κ2) is 7.04. The van der Waals surface area contributed by atoms with Crippen LogP contribution in [0, 0.1) is 13.8 Å². The monoisotopic (exact) mass is 451 g/mol. The summed E-state index contributed by atoms with van der Waals surface area (Å²) in [4.78, 5) is 9.39. The predicted molar refractivity (Wildman–Crippen MR) is 113 cm³/mol. The van der Waals surface area contributed by atoms with Crippen molar-refractivity contribution < 1.29 is 9.47 Å². The highest BCUT2D eigenvalue weighted by molar-refractivity contribution is 9.10. The Morgan fingerprint density at radius 2 is 1.83 bits per heavy atom. The minimum absolute atomic E-state index is 0.267. The van der Waals surface area contributed by atoms with E-state index in [0.717, 1.165) is 50.0 Å². The molecule has 0 bridgehead atoms. The van der Waals surface area contributed by atoms with Crippen LogP contribution in [0.15, 0.2) is 46.9 Å². The fourth-order valence-corrected chi connectivity index (χ4v) is 3.67. The van der Waals surface area contributed by atoms with E-state index in [2.05, 4.69) is 26.2 Å². The summed E-state index contributed by atoms with van der Waals surface area (Å²) in [6.45, 7) is 4.77. The van der Waals surface area contributed by atoms with Crippen molar-refractivity contribution in [2.24, 2.45) is 0 Å². The summed E-state index contributed by atoms with van der Waals surface area (Å²) >= 11 is 3.47. The van der Waals surface area contributed by atoms with Gasteiger partial charge in [0.2, 0.25) is 6.79 Å². The van der Waals surface area contributed by atoms with E-state index in [1.54, 1.807) is 0 Å². The van der Waals surface area contributed by atoms with Gasteiger partial charge in [-0.2, -0.15) is 0 Å². The molecule has 4 aromatic rings. The summed E-state index contributed by atoms with van der Waals surface area (Å²) < 4.78 is 13.7. The number of ether oxygens (including phenoxy) is 2. The number of benzene rings is 2. The summed E-state index contributed by atoms with van der Waals surface area (Å²) in [5.74, 6) is 3.75. The summed E-state index contributed by atoms with van der Waals surface area (Å²) in [7, 11) is 0. The van der Waals surface area contributed by atoms with Crippen LogP contribution in [0.3, 0.4) is 0 Å². The molecule has 1 aliphatic rings. The van der Waals surface area contributed by atoms with E-state index in [1.807, 2.05) is 60.8 Å². The van der Waals surface area contributed by atoms with Crippen molar-refractivity contribution in [3.05, 3.63) is 64.0 Å². The molecular formula is C21H18BrN5O2. The van der Waals surface area contributed by atoms with Crippen LogP contribution >= 0.6 is 15.9 Å². The second-order valence-corrected chi connectivity index (χ2v) is 7.75. The zero-order valence-electron chi connectivity index (χ0n) is 15.9. The van der Waals surface area contributed by atoms with Crippen molar-refractivity contribution in [3.8, 4) is 22.9 Å². The smallest absolute Gasteiger partial charge is 0.231 e. The van der Waals surface area contributed by atoms with E-state index in [4.69, 9.17) is 19.6 Å². The van der Waals surface area contributed by atoms with Gasteiger partial charge in [-0.3, -0.25) is 0 Å². The number of nitrogens with one attached hydrogen (secondary N) is 1. The molecule has 0 radical (unpaired) electrons. The van der Waals surface area contributed by atoms with Crippen LogP contribution in [0.5, 0.6) is 11.5 Å². The molecule has 2 aromatic heterocycles. The van der Waals surface area contributed by atoms with E-state index in [0.29, 0.717) is 12.4 Å². The van der Waals surface area contributed by atoms with E-state index in [-0.39, 0.29) is 6.79 Å². The fraction of sp³-hybridized carbons (Fsp3) is 0.190. The maximum absolute atomic E-state index is 5.48. The van der Waals surface area contributed by atoms with E-state index < -0.39 is 0 Å². The summed E-state index contributed by atoms with van der Waals surface area (Å²) in [5.41, 5.74) is 3.78. The van der Waals surface area contributed by atoms with Gasteiger partial charge in [0.25, 0.3) is 0 Å². The lowest BCUT2D eigenvalue weighted by atomic mass is 10.2. The molecule has 29 heavy (non-hydrogen) atoms. The zero-order valence-corrected chi connectivity index (χ0v) is 17.5. The predicted octanol–water partition coefficient (Wildman–Crippen LogP) is 4.51. The van der Waals surface area contributed by atoms with Crippen molar-refractivity contribution in [2.75, 3.05) is 12.1 Å². The Balaban J connectivity index is 1.53. The maximum atomic E-state index is 5.48. The highest BCUT2D eigenvalue weighted by atomic mass is 79.9. The van der Waals surface area contributed by atoms with Crippen LogP contribution in [0.4, 0.5) is 5.82 Å². The van der Waals surface area contributed by atoms with Crippen LogP contribution in [0.25, 0.3) is 16.9 Å². The van der Waals surface area contributed by atoms with Gasteiger partial charge < -0.3 is 14.8 Å². The highest BCUT2D eigenvalue weighted by Crippen LogP contribution is 2.33. The van der Waals surface area contributed by atoms with Gasteiger partial charge in [-0.15, -0.1) is 5.10 Å². The Hall–Kier alpha value is -3.13. The maximum Gasteiger partial charge on any atom is 0.231 e. The van der Waals surface area contributed by atoms with Crippen molar-refractivity contribution >= 4 is 27.3 Å².